The molecule has 134 valence electrons. The summed E-state index contributed by atoms with van der Waals surface area (Å²) in [6.07, 6.45) is 1.37. The van der Waals surface area contributed by atoms with Crippen LogP contribution in [0.25, 0.3) is 5.69 Å². The molecule has 0 fully saturated rings. The first kappa shape index (κ1) is 17.7. The fraction of sp³-hybridized carbons (Fsp3) is 0.167. The summed E-state index contributed by atoms with van der Waals surface area (Å²) >= 11 is 1.59. The fourth-order valence-electron chi connectivity index (χ4n) is 2.37. The lowest BCUT2D eigenvalue weighted by Crippen LogP contribution is -2.22. The Balaban J connectivity index is 1.71. The third-order valence-electron chi connectivity index (χ3n) is 3.68. The number of nitrogen functional groups attached to an aromatic ring is 1. The number of rotatable bonds is 6. The molecule has 1 aromatic carbocycles. The maximum atomic E-state index is 12.2. The van der Waals surface area contributed by atoms with Crippen molar-refractivity contribution < 1.29 is 14.3 Å². The molecule has 3 N–H and O–H groups in total. The molecule has 2 heterocycles. The molecule has 1 amide bonds. The van der Waals surface area contributed by atoms with Crippen LogP contribution in [-0.2, 0) is 11.3 Å². The average Bonchev–Trinajstić information content (AvgIpc) is 3.29. The van der Waals surface area contributed by atoms with Crippen LogP contribution in [0.4, 0.5) is 5.82 Å². The summed E-state index contributed by atoms with van der Waals surface area (Å²) in [6, 6.07) is 10.7. The highest BCUT2D eigenvalue weighted by Gasteiger charge is 2.17. The van der Waals surface area contributed by atoms with Crippen LogP contribution in [0, 0.1) is 0 Å². The number of aromatic nitrogens is 2. The molecule has 8 heteroatoms. The van der Waals surface area contributed by atoms with Gasteiger partial charge in [-0.05, 0) is 42.6 Å². The van der Waals surface area contributed by atoms with E-state index in [9.17, 15) is 9.59 Å². The number of hydrogen-bond acceptors (Lipinski definition) is 6. The van der Waals surface area contributed by atoms with Crippen LogP contribution in [0.2, 0.25) is 0 Å². The molecule has 0 saturated carbocycles. The van der Waals surface area contributed by atoms with Crippen molar-refractivity contribution >= 4 is 29.0 Å². The van der Waals surface area contributed by atoms with Crippen molar-refractivity contribution in [2.45, 2.75) is 13.5 Å². The second kappa shape index (κ2) is 7.83. The van der Waals surface area contributed by atoms with Gasteiger partial charge in [0.15, 0.2) is 0 Å². The van der Waals surface area contributed by atoms with Crippen LogP contribution in [0.5, 0.6) is 0 Å². The first-order valence-electron chi connectivity index (χ1n) is 8.01. The van der Waals surface area contributed by atoms with E-state index in [1.807, 2.05) is 17.5 Å². The Kier molecular flexibility index (Phi) is 5.33. The van der Waals surface area contributed by atoms with Crippen molar-refractivity contribution in [3.8, 4) is 5.69 Å². The molecule has 7 nitrogen and oxygen atoms in total. The van der Waals surface area contributed by atoms with Gasteiger partial charge in [-0.1, -0.05) is 6.07 Å². The zero-order valence-corrected chi connectivity index (χ0v) is 15.0. The summed E-state index contributed by atoms with van der Waals surface area (Å²) in [5.74, 6) is -0.482. The average molecular weight is 370 g/mol. The molecule has 0 aliphatic carbocycles. The Hall–Kier alpha value is -3.13. The molecule has 0 bridgehead atoms. The van der Waals surface area contributed by atoms with E-state index in [0.29, 0.717) is 17.8 Å². The van der Waals surface area contributed by atoms with Crippen molar-refractivity contribution in [2.75, 3.05) is 12.3 Å². The first-order chi connectivity index (χ1) is 12.6. The molecule has 0 atom stereocenters. The predicted octanol–water partition coefficient (Wildman–Crippen LogP) is 2.62. The Labute approximate surface area is 154 Å². The number of carbonyl (C=O) groups is 2. The summed E-state index contributed by atoms with van der Waals surface area (Å²) in [4.78, 5) is 25.1. The number of thiophene rings is 1. The van der Waals surface area contributed by atoms with Gasteiger partial charge in [0.2, 0.25) is 0 Å². The highest BCUT2D eigenvalue weighted by molar-refractivity contribution is 7.09. The van der Waals surface area contributed by atoms with Gasteiger partial charge in [-0.3, -0.25) is 4.79 Å². The molecular formula is C18H18N4O3S. The van der Waals surface area contributed by atoms with Crippen LogP contribution < -0.4 is 11.1 Å². The van der Waals surface area contributed by atoms with E-state index in [2.05, 4.69) is 10.4 Å². The number of hydrogen-bond donors (Lipinski definition) is 2. The van der Waals surface area contributed by atoms with Crippen LogP contribution in [0.1, 0.15) is 32.5 Å². The van der Waals surface area contributed by atoms with Crippen LogP contribution in [0.3, 0.4) is 0 Å². The minimum Gasteiger partial charge on any atom is -0.462 e. The largest absolute Gasteiger partial charge is 0.462 e. The summed E-state index contributed by atoms with van der Waals surface area (Å²) < 4.78 is 6.37. The minimum atomic E-state index is -0.513. The van der Waals surface area contributed by atoms with Crippen molar-refractivity contribution in [3.63, 3.8) is 0 Å². The highest BCUT2D eigenvalue weighted by atomic mass is 32.1. The lowest BCUT2D eigenvalue weighted by molar-refractivity contribution is 0.0527. The number of esters is 1. The molecule has 0 aliphatic heterocycles. The lowest BCUT2D eigenvalue weighted by atomic mass is 10.2. The molecule has 0 spiro atoms. The number of nitrogens with zero attached hydrogens (tertiary/aromatic N) is 2. The predicted molar refractivity (Wildman–Crippen MR) is 99.4 cm³/mol. The molecule has 0 aliphatic rings. The summed E-state index contributed by atoms with van der Waals surface area (Å²) in [6.45, 7) is 2.48. The van der Waals surface area contributed by atoms with Gasteiger partial charge in [0.1, 0.15) is 11.4 Å². The third kappa shape index (κ3) is 3.75. The topological polar surface area (TPSA) is 99.2 Å². The van der Waals surface area contributed by atoms with Gasteiger partial charge in [0.05, 0.1) is 25.0 Å². The number of nitrogens with two attached hydrogens (primary N) is 1. The Morgan fingerprint density at radius 1 is 1.27 bits per heavy atom. The maximum Gasteiger partial charge on any atom is 0.343 e. The molecule has 0 saturated heterocycles. The van der Waals surface area contributed by atoms with Crippen LogP contribution >= 0.6 is 11.3 Å². The van der Waals surface area contributed by atoms with Gasteiger partial charge in [0, 0.05) is 10.4 Å². The number of benzene rings is 1. The van der Waals surface area contributed by atoms with Gasteiger partial charge in [-0.2, -0.15) is 5.10 Å². The fourth-order valence-corrected chi connectivity index (χ4v) is 3.01. The number of carbonyl (C=O) groups excluding carboxylic acids is 2. The second-order valence-electron chi connectivity index (χ2n) is 5.38. The Bertz CT molecular complexity index is 901. The quantitative estimate of drug-likeness (QED) is 0.650. The number of amides is 1. The summed E-state index contributed by atoms with van der Waals surface area (Å²) in [5, 5.41) is 8.96. The zero-order chi connectivity index (χ0) is 18.5. The highest BCUT2D eigenvalue weighted by Crippen LogP contribution is 2.18. The normalized spacial score (nSPS) is 10.5. The second-order valence-corrected chi connectivity index (χ2v) is 6.42. The van der Waals surface area contributed by atoms with E-state index >= 15 is 0 Å². The van der Waals surface area contributed by atoms with Crippen molar-refractivity contribution in [1.82, 2.24) is 15.1 Å². The monoisotopic (exact) mass is 370 g/mol. The van der Waals surface area contributed by atoms with Crippen molar-refractivity contribution in [1.29, 1.82) is 0 Å². The van der Waals surface area contributed by atoms with E-state index in [4.69, 9.17) is 10.5 Å². The molecule has 0 radical (unpaired) electrons. The Morgan fingerprint density at radius 3 is 2.69 bits per heavy atom. The molecular weight excluding hydrogens is 352 g/mol. The SMILES string of the molecule is CCOC(=O)c1cnn(-c2ccc(C(=O)NCc3cccs3)cc2)c1N. The van der Waals surface area contributed by atoms with Gasteiger partial charge >= 0.3 is 5.97 Å². The van der Waals surface area contributed by atoms with Crippen molar-refractivity contribution in [2.24, 2.45) is 0 Å². The smallest absolute Gasteiger partial charge is 0.343 e. The van der Waals surface area contributed by atoms with Crippen LogP contribution in [-0.4, -0.2) is 28.3 Å². The number of anilines is 1. The molecule has 0 unspecified atom stereocenters. The van der Waals surface area contributed by atoms with Crippen LogP contribution in [0.15, 0.2) is 48.0 Å². The molecule has 3 rings (SSSR count). The molecule has 26 heavy (non-hydrogen) atoms. The van der Waals surface area contributed by atoms with E-state index < -0.39 is 5.97 Å². The molecule has 3 aromatic rings. The summed E-state index contributed by atoms with van der Waals surface area (Å²) in [5.41, 5.74) is 7.38. The van der Waals surface area contributed by atoms with Gasteiger partial charge in [-0.25, -0.2) is 9.48 Å². The lowest BCUT2D eigenvalue weighted by Gasteiger charge is -2.07. The van der Waals surface area contributed by atoms with E-state index in [-0.39, 0.29) is 23.9 Å². The van der Waals surface area contributed by atoms with Gasteiger partial charge in [-0.15, -0.1) is 11.3 Å². The van der Waals surface area contributed by atoms with E-state index in [1.165, 1.54) is 10.9 Å². The first-order valence-corrected chi connectivity index (χ1v) is 8.89. The summed E-state index contributed by atoms with van der Waals surface area (Å²) in [7, 11) is 0. The number of ether oxygens (including phenoxy) is 1. The zero-order valence-electron chi connectivity index (χ0n) is 14.1. The number of nitrogens with one attached hydrogen (secondary N) is 1. The van der Waals surface area contributed by atoms with Gasteiger partial charge in [0.25, 0.3) is 5.91 Å². The minimum absolute atomic E-state index is 0.161. The van der Waals surface area contributed by atoms with E-state index in [0.717, 1.165) is 4.88 Å². The Morgan fingerprint density at radius 2 is 2.04 bits per heavy atom. The third-order valence-corrected chi connectivity index (χ3v) is 4.56. The van der Waals surface area contributed by atoms with Crippen molar-refractivity contribution in [3.05, 3.63) is 64.0 Å². The van der Waals surface area contributed by atoms with Gasteiger partial charge < -0.3 is 15.8 Å². The van der Waals surface area contributed by atoms with E-state index in [1.54, 1.807) is 42.5 Å². The standard InChI is InChI=1S/C18H18N4O3S/c1-2-25-18(24)15-11-21-22(16(15)19)13-7-5-12(6-8-13)17(23)20-10-14-4-3-9-26-14/h3-9,11H,2,10,19H2,1H3,(H,20,23). The molecule has 2 aromatic heterocycles. The maximum absolute atomic E-state index is 12.2.